The molecule has 0 saturated heterocycles. The van der Waals surface area contributed by atoms with E-state index in [9.17, 15) is 0 Å². The largest absolute Gasteiger partial charge is 0.467 e. The molecule has 1 aromatic rings. The number of hydrogen-bond acceptors (Lipinski definition) is 6. The Morgan fingerprint density at radius 2 is 1.42 bits per heavy atom. The Morgan fingerprint density at radius 3 is 1.95 bits per heavy atom. The number of rotatable bonds is 13. The molecule has 0 aliphatic heterocycles. The molecule has 1 aromatic heterocycles. The van der Waals surface area contributed by atoms with E-state index in [0.717, 1.165) is 5.76 Å². The van der Waals surface area contributed by atoms with Gasteiger partial charge in [0.1, 0.15) is 12.4 Å². The molecule has 1 rings (SSSR count). The third-order valence-corrected chi connectivity index (χ3v) is 2.18. The highest BCUT2D eigenvalue weighted by Gasteiger charge is 1.95. The van der Waals surface area contributed by atoms with Crippen molar-refractivity contribution < 1.29 is 28.5 Å². The van der Waals surface area contributed by atoms with Crippen molar-refractivity contribution in [3.05, 3.63) is 24.2 Å². The quantitative estimate of drug-likeness (QED) is 0.537. The average Bonchev–Trinajstić information content (AvgIpc) is 2.93. The molecule has 0 aliphatic rings. The predicted molar refractivity (Wildman–Crippen MR) is 67.9 cm³/mol. The summed E-state index contributed by atoms with van der Waals surface area (Å²) in [4.78, 5) is 0. The van der Waals surface area contributed by atoms with Gasteiger partial charge in [0.25, 0.3) is 0 Å². The summed E-state index contributed by atoms with van der Waals surface area (Å²) < 4.78 is 26.1. The summed E-state index contributed by atoms with van der Waals surface area (Å²) in [6.45, 7) is 3.99. The van der Waals surface area contributed by atoms with Crippen LogP contribution in [0.4, 0.5) is 0 Å². The van der Waals surface area contributed by atoms with E-state index in [-0.39, 0.29) is 6.61 Å². The van der Waals surface area contributed by atoms with Crippen molar-refractivity contribution in [2.24, 2.45) is 0 Å². The van der Waals surface area contributed by atoms with Gasteiger partial charge in [-0.1, -0.05) is 0 Å². The smallest absolute Gasteiger partial charge is 0.129 e. The SMILES string of the molecule is OCCOCCOCCOCCOCc1ccco1. The fraction of sp³-hybridized carbons (Fsp3) is 0.692. The molecule has 6 nitrogen and oxygen atoms in total. The van der Waals surface area contributed by atoms with E-state index in [0.29, 0.717) is 52.9 Å². The minimum absolute atomic E-state index is 0.0428. The van der Waals surface area contributed by atoms with Gasteiger partial charge in [-0.05, 0) is 12.1 Å². The molecule has 0 unspecified atom stereocenters. The standard InChI is InChI=1S/C13H22O6/c14-3-5-15-6-7-16-8-9-17-10-11-18-12-13-2-1-4-19-13/h1-2,4,14H,3,5-12H2. The van der Waals surface area contributed by atoms with Crippen molar-refractivity contribution in [3.63, 3.8) is 0 Å². The number of aliphatic hydroxyl groups is 1. The molecule has 0 fully saturated rings. The van der Waals surface area contributed by atoms with Gasteiger partial charge in [-0.3, -0.25) is 0 Å². The highest BCUT2D eigenvalue weighted by molar-refractivity contribution is 4.95. The van der Waals surface area contributed by atoms with Crippen LogP contribution in [0.1, 0.15) is 5.76 Å². The molecule has 0 radical (unpaired) electrons. The van der Waals surface area contributed by atoms with Crippen molar-refractivity contribution in [2.45, 2.75) is 6.61 Å². The predicted octanol–water partition coefficient (Wildman–Crippen LogP) is 0.838. The van der Waals surface area contributed by atoms with E-state index in [1.165, 1.54) is 0 Å². The Kier molecular flexibility index (Phi) is 10.3. The van der Waals surface area contributed by atoms with Gasteiger partial charge in [-0.25, -0.2) is 0 Å². The van der Waals surface area contributed by atoms with Gasteiger partial charge in [0, 0.05) is 0 Å². The van der Waals surface area contributed by atoms with E-state index >= 15 is 0 Å². The van der Waals surface area contributed by atoms with Gasteiger partial charge in [0.15, 0.2) is 0 Å². The lowest BCUT2D eigenvalue weighted by atomic mass is 10.5. The topological polar surface area (TPSA) is 70.3 Å². The molecule has 0 bridgehead atoms. The zero-order chi connectivity index (χ0) is 13.6. The van der Waals surface area contributed by atoms with Gasteiger partial charge in [0.2, 0.25) is 0 Å². The van der Waals surface area contributed by atoms with Crippen LogP contribution in [-0.4, -0.2) is 58.0 Å². The van der Waals surface area contributed by atoms with Crippen molar-refractivity contribution in [2.75, 3.05) is 52.9 Å². The summed E-state index contributed by atoms with van der Waals surface area (Å²) in [6, 6.07) is 3.70. The van der Waals surface area contributed by atoms with E-state index in [1.54, 1.807) is 6.26 Å². The zero-order valence-corrected chi connectivity index (χ0v) is 11.1. The molecule has 1 N–H and O–H groups in total. The summed E-state index contributed by atoms with van der Waals surface area (Å²) in [5, 5.41) is 8.47. The molecule has 0 aliphatic carbocycles. The number of furan rings is 1. The Balaban J connectivity index is 1.72. The third-order valence-electron chi connectivity index (χ3n) is 2.18. The molecule has 19 heavy (non-hydrogen) atoms. The minimum Gasteiger partial charge on any atom is -0.467 e. The summed E-state index contributed by atoms with van der Waals surface area (Å²) in [6.07, 6.45) is 1.62. The van der Waals surface area contributed by atoms with Crippen LogP contribution in [0, 0.1) is 0 Å². The van der Waals surface area contributed by atoms with Crippen LogP contribution in [0.5, 0.6) is 0 Å². The van der Waals surface area contributed by atoms with Gasteiger partial charge in [-0.2, -0.15) is 0 Å². The van der Waals surface area contributed by atoms with Gasteiger partial charge in [0.05, 0.1) is 59.1 Å². The van der Waals surface area contributed by atoms with E-state index in [2.05, 4.69) is 0 Å². The normalized spacial score (nSPS) is 11.0. The van der Waals surface area contributed by atoms with E-state index in [1.807, 2.05) is 12.1 Å². The molecular weight excluding hydrogens is 252 g/mol. The molecule has 1 heterocycles. The Bertz CT molecular complexity index is 275. The van der Waals surface area contributed by atoms with Gasteiger partial charge < -0.3 is 28.5 Å². The minimum atomic E-state index is 0.0428. The summed E-state index contributed by atoms with van der Waals surface area (Å²) in [7, 11) is 0. The van der Waals surface area contributed by atoms with Crippen molar-refractivity contribution >= 4 is 0 Å². The van der Waals surface area contributed by atoms with Crippen LogP contribution < -0.4 is 0 Å². The highest BCUT2D eigenvalue weighted by atomic mass is 16.6. The van der Waals surface area contributed by atoms with Crippen LogP contribution in [0.3, 0.4) is 0 Å². The van der Waals surface area contributed by atoms with Crippen molar-refractivity contribution in [3.8, 4) is 0 Å². The van der Waals surface area contributed by atoms with Crippen LogP contribution in [-0.2, 0) is 25.6 Å². The third kappa shape index (κ3) is 9.63. The maximum atomic E-state index is 8.47. The summed E-state index contributed by atoms with van der Waals surface area (Å²) in [5.74, 6) is 0.811. The first-order valence-electron chi connectivity index (χ1n) is 6.37. The lowest BCUT2D eigenvalue weighted by Gasteiger charge is -2.06. The lowest BCUT2D eigenvalue weighted by Crippen LogP contribution is -2.12. The first-order valence-corrected chi connectivity index (χ1v) is 6.37. The fourth-order valence-corrected chi connectivity index (χ4v) is 1.29. The summed E-state index contributed by atoms with van der Waals surface area (Å²) >= 11 is 0. The first kappa shape index (κ1) is 16.1. The van der Waals surface area contributed by atoms with Crippen LogP contribution in [0.25, 0.3) is 0 Å². The number of aliphatic hydroxyl groups excluding tert-OH is 1. The second kappa shape index (κ2) is 12.1. The van der Waals surface area contributed by atoms with E-state index in [4.69, 9.17) is 28.5 Å². The Hall–Kier alpha value is -0.920. The molecule has 6 heteroatoms. The fourth-order valence-electron chi connectivity index (χ4n) is 1.29. The molecule has 0 atom stereocenters. The Labute approximate surface area is 113 Å². The molecule has 110 valence electrons. The number of ether oxygens (including phenoxy) is 4. The van der Waals surface area contributed by atoms with E-state index < -0.39 is 0 Å². The van der Waals surface area contributed by atoms with Crippen LogP contribution in [0.2, 0.25) is 0 Å². The maximum Gasteiger partial charge on any atom is 0.129 e. The second-order valence-corrected chi connectivity index (χ2v) is 3.69. The van der Waals surface area contributed by atoms with Crippen molar-refractivity contribution in [1.29, 1.82) is 0 Å². The molecule has 0 aromatic carbocycles. The highest BCUT2D eigenvalue weighted by Crippen LogP contribution is 2.01. The van der Waals surface area contributed by atoms with Crippen LogP contribution >= 0.6 is 0 Å². The summed E-state index contributed by atoms with van der Waals surface area (Å²) in [5.41, 5.74) is 0. The number of hydrogen-bond donors (Lipinski definition) is 1. The van der Waals surface area contributed by atoms with Gasteiger partial charge in [-0.15, -0.1) is 0 Å². The Morgan fingerprint density at radius 1 is 0.842 bits per heavy atom. The van der Waals surface area contributed by atoms with Gasteiger partial charge >= 0.3 is 0 Å². The first-order chi connectivity index (χ1) is 9.43. The second-order valence-electron chi connectivity index (χ2n) is 3.69. The van der Waals surface area contributed by atoms with Crippen LogP contribution in [0.15, 0.2) is 22.8 Å². The maximum absolute atomic E-state index is 8.47. The lowest BCUT2D eigenvalue weighted by molar-refractivity contribution is -0.00888. The molecule has 0 saturated carbocycles. The zero-order valence-electron chi connectivity index (χ0n) is 11.1. The molecular formula is C13H22O6. The van der Waals surface area contributed by atoms with Crippen molar-refractivity contribution in [1.82, 2.24) is 0 Å². The molecule has 0 amide bonds. The average molecular weight is 274 g/mol. The molecule has 0 spiro atoms. The monoisotopic (exact) mass is 274 g/mol.